The molecule has 0 aliphatic carbocycles. The van der Waals surface area contributed by atoms with E-state index < -0.39 is 53.9 Å². The van der Waals surface area contributed by atoms with Crippen LogP contribution in [0.5, 0.6) is 0 Å². The molecule has 2 N–H and O–H groups in total. The molecule has 13 nitrogen and oxygen atoms in total. The number of ketones is 2. The third-order valence-electron chi connectivity index (χ3n) is 18.7. The van der Waals surface area contributed by atoms with Crippen molar-refractivity contribution in [2.24, 2.45) is 23.7 Å². The smallest absolute Gasteiger partial charge is 0.870 e. The van der Waals surface area contributed by atoms with Crippen molar-refractivity contribution in [2.45, 2.75) is 193 Å². The van der Waals surface area contributed by atoms with E-state index in [0.29, 0.717) is 41.4 Å². The number of carbonyl (C=O) groups is 4. The molecule has 2 aliphatic rings. The average Bonchev–Trinajstić information content (AvgIpc) is 0.796. The number of benzene rings is 4. The van der Waals surface area contributed by atoms with E-state index in [-0.39, 0.29) is 117 Å². The van der Waals surface area contributed by atoms with Gasteiger partial charge in [0.15, 0.2) is 11.6 Å². The summed E-state index contributed by atoms with van der Waals surface area (Å²) in [5.41, 5.74) is 15.0. The van der Waals surface area contributed by atoms with Crippen LogP contribution in [0.3, 0.4) is 0 Å². The minimum atomic E-state index is -1.10. The van der Waals surface area contributed by atoms with Gasteiger partial charge in [0, 0.05) is 88.5 Å². The van der Waals surface area contributed by atoms with Crippen LogP contribution in [0, 0.1) is 105 Å². The normalized spacial score (nSPS) is 14.5. The second kappa shape index (κ2) is 37.3. The van der Waals surface area contributed by atoms with E-state index in [0.717, 1.165) is 130 Å². The number of carboxylic acids is 1. The largest absolute Gasteiger partial charge is 1.00 e. The first-order valence-corrected chi connectivity index (χ1v) is 33.4. The number of Topliss-reactive ketones (excluding diaryl/α,β-unsaturated/α-hetero) is 2. The molecule has 2 unspecified atom stereocenters. The Kier molecular flexibility index (Phi) is 32.8. The van der Waals surface area contributed by atoms with Gasteiger partial charge in [0.2, 0.25) is 0 Å². The van der Waals surface area contributed by atoms with Crippen molar-refractivity contribution in [1.82, 2.24) is 18.9 Å². The predicted octanol–water partition coefficient (Wildman–Crippen LogP) is 12.5. The van der Waals surface area contributed by atoms with Crippen molar-refractivity contribution in [3.63, 3.8) is 0 Å². The summed E-state index contributed by atoms with van der Waals surface area (Å²) in [6.07, 6.45) is 5.33. The number of carboxylic acid groups (broad SMARTS) is 1. The number of aromatic nitrogens is 2. The first-order valence-electron chi connectivity index (χ1n) is 33.4. The Bertz CT molecular complexity index is 3770. The van der Waals surface area contributed by atoms with Gasteiger partial charge in [-0.1, -0.05) is 76.9 Å². The molecule has 4 heterocycles. The van der Waals surface area contributed by atoms with Gasteiger partial charge in [-0.3, -0.25) is 28.8 Å². The summed E-state index contributed by atoms with van der Waals surface area (Å²) in [6.45, 7) is 40.0. The molecular weight excluding hydrogens is 1250 g/mol. The molecule has 2 fully saturated rings. The Morgan fingerprint density at radius 2 is 0.865 bits per heavy atom. The number of pyridine rings is 2. The van der Waals surface area contributed by atoms with Crippen molar-refractivity contribution in [3.8, 4) is 22.3 Å². The zero-order chi connectivity index (χ0) is 67.7. The topological polar surface area (TPSA) is 178 Å². The Labute approximate surface area is 596 Å². The minimum Gasteiger partial charge on any atom is -0.870 e. The Morgan fingerprint density at radius 1 is 0.521 bits per heavy atom. The molecule has 0 amide bonds. The molecule has 0 bridgehead atoms. The molecule has 4 atom stereocenters. The first kappa shape index (κ1) is 84.3. The maximum Gasteiger partial charge on any atom is 1.00 e. The summed E-state index contributed by atoms with van der Waals surface area (Å²) in [5, 5.41) is 9.89. The van der Waals surface area contributed by atoms with Gasteiger partial charge >= 0.3 is 30.8 Å². The predicted molar refractivity (Wildman–Crippen MR) is 389 cm³/mol. The zero-order valence-electron chi connectivity index (χ0n) is 60.5. The summed E-state index contributed by atoms with van der Waals surface area (Å²) in [5.74, 6) is -2.94. The molecule has 2 aliphatic heterocycles. The number of ether oxygens (including phenoxy) is 1. The van der Waals surface area contributed by atoms with Crippen molar-refractivity contribution in [1.29, 1.82) is 0 Å². The number of rotatable bonds is 27. The molecule has 0 radical (unpaired) electrons. The summed E-state index contributed by atoms with van der Waals surface area (Å²) in [4.78, 5) is 85.1. The van der Waals surface area contributed by atoms with E-state index in [1.807, 2.05) is 94.6 Å². The maximum atomic E-state index is 16.1. The molecule has 520 valence electrons. The first-order chi connectivity index (χ1) is 43.3. The van der Waals surface area contributed by atoms with Crippen molar-refractivity contribution in [2.75, 3.05) is 45.9 Å². The average molecular weight is 1350 g/mol. The third kappa shape index (κ3) is 21.8. The van der Waals surface area contributed by atoms with Gasteiger partial charge in [-0.05, 0) is 239 Å². The van der Waals surface area contributed by atoms with Crippen LogP contribution in [0.1, 0.15) is 189 Å². The summed E-state index contributed by atoms with van der Waals surface area (Å²) in [7, 11) is 0. The Hall–Kier alpha value is -5.90. The Morgan fingerprint density at radius 3 is 1.18 bits per heavy atom. The van der Waals surface area contributed by atoms with E-state index in [2.05, 4.69) is 54.8 Å². The van der Waals surface area contributed by atoms with Crippen LogP contribution in [0.4, 0.5) is 8.78 Å². The van der Waals surface area contributed by atoms with Gasteiger partial charge in [-0.25, -0.2) is 8.78 Å². The summed E-state index contributed by atoms with van der Waals surface area (Å²) in [6, 6.07) is 17.2. The van der Waals surface area contributed by atoms with E-state index >= 15 is 8.78 Å². The molecule has 2 saturated heterocycles. The number of halogens is 2. The molecule has 18 heteroatoms. The summed E-state index contributed by atoms with van der Waals surface area (Å²) >= 11 is 0. The second-order valence-corrected chi connectivity index (χ2v) is 28.3. The number of carbonyl (C=O) groups excluding carboxylic acids is 3. The molecular formula is C78H107F2LiN4O9S2. The van der Waals surface area contributed by atoms with Crippen molar-refractivity contribution in [3.05, 3.63) is 183 Å². The van der Waals surface area contributed by atoms with E-state index in [1.54, 1.807) is 55.7 Å². The monoisotopic (exact) mass is 1350 g/mol. The van der Waals surface area contributed by atoms with Crippen LogP contribution in [0.15, 0.2) is 82.6 Å². The van der Waals surface area contributed by atoms with Gasteiger partial charge in [-0.2, -0.15) is 27.0 Å². The summed E-state index contributed by atoms with van der Waals surface area (Å²) < 4.78 is 40.4. The van der Waals surface area contributed by atoms with Gasteiger partial charge in [0.25, 0.3) is 11.1 Å². The number of hydrogen-bond acceptors (Lipinski definition) is 10. The van der Waals surface area contributed by atoms with Crippen LogP contribution >= 0.6 is 27.0 Å². The number of hydrogen-bond donors (Lipinski definition) is 1. The molecule has 4 aromatic carbocycles. The fourth-order valence-corrected chi connectivity index (χ4v) is 14.4. The van der Waals surface area contributed by atoms with Crippen molar-refractivity contribution >= 4 is 50.5 Å². The van der Waals surface area contributed by atoms with Gasteiger partial charge < -0.3 is 34.3 Å². The van der Waals surface area contributed by atoms with Crippen LogP contribution in [-0.2, 0) is 36.8 Å². The number of likely N-dealkylation sites (tertiary alicyclic amines) is 2. The number of nitrogens with zero attached hydrogens (tertiary/aromatic N) is 4. The van der Waals surface area contributed by atoms with E-state index in [4.69, 9.17) is 4.74 Å². The standard InChI is InChI=1S/C40H53FN2O4.C38H49FN2O4.Li.H2O.2H2S/c1-10-47-38(46)20-32(34-18-33(16-30(9)40(34)41)39-28(7)14-25(4)15-29(39)8)19-36(44)35(13-24(2)3)43-23-31(27(6)17-37(43)45)11-12-42-21-26(5)22-42;1-22(2)11-33(41-21-29(25(5)15-35(41)43)9-10-40-19-24(4)20-40)34(42)17-30(18-36(44)45)32-16-31(14-28(8)38(32)39)37-26(6)12-23(3)13-27(37)7;;;;/h14-18,23-24,26,32,35H,10-13,19-22H2,1-9H3;12-16,21-22,24,30,33H,9-11,17-20H2,1-8H3,(H,44,45);;3*1H2/q;;+1;;;/p-1/t32-,35?;30-,33?;;;;/m00..../s1. The van der Waals surface area contributed by atoms with Gasteiger partial charge in [0.1, 0.15) is 11.6 Å². The van der Waals surface area contributed by atoms with Gasteiger partial charge in [-0.15, -0.1) is 0 Å². The van der Waals surface area contributed by atoms with Gasteiger partial charge in [0.05, 0.1) is 31.5 Å². The number of aliphatic carboxylic acids is 1. The number of aryl methyl sites for hydroxylation is 10. The molecule has 8 rings (SSSR count). The van der Waals surface area contributed by atoms with Crippen molar-refractivity contribution < 1.29 is 62.1 Å². The van der Waals surface area contributed by atoms with Crippen LogP contribution in [-0.4, -0.2) is 98.9 Å². The van der Waals surface area contributed by atoms with Crippen LogP contribution < -0.4 is 30.0 Å². The SMILES string of the molecule is CCOC(=O)C[C@H](CC(=O)C(CC(C)C)n1cc(CCN2CC(C)C2)c(C)cc1=O)c1cc(-c2c(C)cc(C)cc2C)cc(C)c1F.Cc1cc(C)c(-c2cc(C)c(F)c([C@H](CC(=O)O)CC(=O)C(CC(C)C)n3cc(CCN4CC(C)C4)c(C)cc3=O)c2)c(C)c1.S.S.[Li+].[OH-]. The van der Waals surface area contributed by atoms with Crippen LogP contribution in [0.25, 0.3) is 22.3 Å². The zero-order valence-corrected chi connectivity index (χ0v) is 62.5. The molecule has 2 aromatic heterocycles. The fraction of sp³-hybridized carbons (Fsp3) is 0.513. The van der Waals surface area contributed by atoms with Crippen LogP contribution in [0.2, 0.25) is 0 Å². The Balaban J connectivity index is 0.000000481. The minimum absolute atomic E-state index is 0. The van der Waals surface area contributed by atoms with E-state index in [1.165, 1.54) is 4.57 Å². The maximum absolute atomic E-state index is 16.1. The molecule has 0 saturated carbocycles. The van der Waals surface area contributed by atoms with E-state index in [9.17, 15) is 33.9 Å². The molecule has 6 aromatic rings. The molecule has 96 heavy (non-hydrogen) atoms. The third-order valence-corrected chi connectivity index (χ3v) is 18.7. The second-order valence-electron chi connectivity index (χ2n) is 28.3. The number of esters is 1. The fourth-order valence-electron chi connectivity index (χ4n) is 14.4. The molecule has 0 spiro atoms. The quantitative estimate of drug-likeness (QED) is 0.0383.